The molecule has 114 valence electrons. The van der Waals surface area contributed by atoms with Gasteiger partial charge < -0.3 is 10.1 Å². The number of benzene rings is 2. The van der Waals surface area contributed by atoms with E-state index in [1.165, 1.54) is 12.1 Å². The topological polar surface area (TPSA) is 81.5 Å². The van der Waals surface area contributed by atoms with Gasteiger partial charge in [-0.2, -0.15) is 0 Å². The lowest BCUT2D eigenvalue weighted by Crippen LogP contribution is -2.26. The normalized spacial score (nSPS) is 10.0. The largest absolute Gasteiger partial charge is 0.445 e. The third-order valence-electron chi connectivity index (χ3n) is 3.02. The maximum Gasteiger partial charge on any atom is 0.407 e. The molecule has 0 atom stereocenters. The van der Waals surface area contributed by atoms with Crippen LogP contribution in [0.5, 0.6) is 0 Å². The van der Waals surface area contributed by atoms with Crippen LogP contribution in [0.3, 0.4) is 0 Å². The summed E-state index contributed by atoms with van der Waals surface area (Å²) in [5, 5.41) is 13.3. The van der Waals surface area contributed by atoms with E-state index in [1.54, 1.807) is 12.1 Å². The molecule has 0 radical (unpaired) electrons. The number of carbonyl (C=O) groups excluding carboxylic acids is 1. The zero-order valence-corrected chi connectivity index (χ0v) is 11.9. The summed E-state index contributed by atoms with van der Waals surface area (Å²) in [7, 11) is 0. The highest BCUT2D eigenvalue weighted by atomic mass is 16.6. The molecule has 6 nitrogen and oxygen atoms in total. The molecule has 0 aromatic heterocycles. The molecule has 0 saturated carbocycles. The summed E-state index contributed by atoms with van der Waals surface area (Å²) in [6.45, 7) is 0.568. The molecule has 0 saturated heterocycles. The van der Waals surface area contributed by atoms with Gasteiger partial charge in [0.1, 0.15) is 6.61 Å². The fraction of sp³-hybridized carbons (Fsp3) is 0.188. The van der Waals surface area contributed by atoms with Crippen molar-refractivity contribution < 1.29 is 14.5 Å². The Labute approximate surface area is 127 Å². The van der Waals surface area contributed by atoms with Crippen LogP contribution in [-0.2, 0) is 17.8 Å². The van der Waals surface area contributed by atoms with Gasteiger partial charge in [0.05, 0.1) is 4.92 Å². The number of nitro groups is 1. The summed E-state index contributed by atoms with van der Waals surface area (Å²) in [6.07, 6.45) is -0.00319. The molecule has 0 aliphatic heterocycles. The van der Waals surface area contributed by atoms with Crippen molar-refractivity contribution in [1.29, 1.82) is 0 Å². The number of alkyl carbamates (subject to hydrolysis) is 1. The maximum absolute atomic E-state index is 11.5. The van der Waals surface area contributed by atoms with E-state index in [0.717, 1.165) is 11.1 Å². The molecule has 0 aliphatic rings. The number of nitrogens with zero attached hydrogens (tertiary/aromatic N) is 1. The van der Waals surface area contributed by atoms with E-state index in [2.05, 4.69) is 5.32 Å². The minimum absolute atomic E-state index is 0.0455. The van der Waals surface area contributed by atoms with E-state index in [0.29, 0.717) is 13.0 Å². The quantitative estimate of drug-likeness (QED) is 0.656. The number of hydrogen-bond donors (Lipinski definition) is 1. The predicted molar refractivity (Wildman–Crippen MR) is 81.4 cm³/mol. The Balaban J connectivity index is 1.73. The summed E-state index contributed by atoms with van der Waals surface area (Å²) in [5.74, 6) is 0. The number of amides is 1. The van der Waals surface area contributed by atoms with Crippen molar-refractivity contribution in [1.82, 2.24) is 5.32 Å². The molecule has 2 aromatic rings. The Morgan fingerprint density at radius 3 is 2.55 bits per heavy atom. The van der Waals surface area contributed by atoms with Gasteiger partial charge in [-0.05, 0) is 17.5 Å². The fourth-order valence-corrected chi connectivity index (χ4v) is 1.91. The summed E-state index contributed by atoms with van der Waals surface area (Å²) in [5.41, 5.74) is 1.75. The van der Waals surface area contributed by atoms with Crippen LogP contribution in [0.4, 0.5) is 10.5 Å². The van der Waals surface area contributed by atoms with E-state index in [1.807, 2.05) is 30.3 Å². The Bertz CT molecular complexity index is 644. The zero-order chi connectivity index (χ0) is 15.8. The van der Waals surface area contributed by atoms with Gasteiger partial charge in [-0.3, -0.25) is 10.1 Å². The van der Waals surface area contributed by atoms with Gasteiger partial charge in [0.2, 0.25) is 0 Å². The van der Waals surface area contributed by atoms with Crippen molar-refractivity contribution in [2.24, 2.45) is 0 Å². The van der Waals surface area contributed by atoms with Gasteiger partial charge >= 0.3 is 6.09 Å². The minimum Gasteiger partial charge on any atom is -0.445 e. The van der Waals surface area contributed by atoms with Gasteiger partial charge in [-0.15, -0.1) is 0 Å². The first-order chi connectivity index (χ1) is 10.6. The van der Waals surface area contributed by atoms with Crippen LogP contribution in [0.15, 0.2) is 54.6 Å². The molecular formula is C16H16N2O4. The second kappa shape index (κ2) is 7.78. The van der Waals surface area contributed by atoms with Crippen LogP contribution in [-0.4, -0.2) is 17.6 Å². The number of ether oxygens (including phenoxy) is 1. The monoisotopic (exact) mass is 300 g/mol. The van der Waals surface area contributed by atoms with Gasteiger partial charge in [0.25, 0.3) is 5.69 Å². The van der Waals surface area contributed by atoms with E-state index in [4.69, 9.17) is 4.74 Å². The first kappa shape index (κ1) is 15.5. The van der Waals surface area contributed by atoms with Crippen LogP contribution in [0.2, 0.25) is 0 Å². The summed E-state index contributed by atoms with van der Waals surface area (Å²) in [4.78, 5) is 21.8. The number of nitrogens with one attached hydrogen (secondary N) is 1. The SMILES string of the molecule is O=C(NCCc1cccc([N+](=O)[O-])c1)OCc1ccccc1. The Hall–Kier alpha value is -2.89. The molecule has 1 N–H and O–H groups in total. The standard InChI is InChI=1S/C16H16N2O4/c19-16(22-12-14-5-2-1-3-6-14)17-10-9-13-7-4-8-15(11-13)18(20)21/h1-8,11H,9-10,12H2,(H,17,19). The molecule has 22 heavy (non-hydrogen) atoms. The van der Waals surface area contributed by atoms with Crippen molar-refractivity contribution in [3.05, 3.63) is 75.8 Å². The third kappa shape index (κ3) is 4.90. The lowest BCUT2D eigenvalue weighted by atomic mass is 10.1. The number of nitro benzene ring substituents is 1. The van der Waals surface area contributed by atoms with Crippen molar-refractivity contribution >= 4 is 11.8 Å². The zero-order valence-electron chi connectivity index (χ0n) is 11.9. The second-order valence-corrected chi connectivity index (χ2v) is 4.67. The van der Waals surface area contributed by atoms with Crippen LogP contribution in [0.1, 0.15) is 11.1 Å². The average molecular weight is 300 g/mol. The Kier molecular flexibility index (Phi) is 5.48. The summed E-state index contributed by atoms with van der Waals surface area (Å²) < 4.78 is 5.07. The van der Waals surface area contributed by atoms with E-state index in [9.17, 15) is 14.9 Å². The average Bonchev–Trinajstić information content (AvgIpc) is 2.54. The minimum atomic E-state index is -0.505. The van der Waals surface area contributed by atoms with Gasteiger partial charge in [-0.25, -0.2) is 4.79 Å². The van der Waals surface area contributed by atoms with E-state index >= 15 is 0 Å². The second-order valence-electron chi connectivity index (χ2n) is 4.67. The molecule has 0 unspecified atom stereocenters. The first-order valence-electron chi connectivity index (χ1n) is 6.83. The van der Waals surface area contributed by atoms with Crippen molar-refractivity contribution in [3.63, 3.8) is 0 Å². The molecule has 0 fully saturated rings. The van der Waals surface area contributed by atoms with E-state index in [-0.39, 0.29) is 12.3 Å². The van der Waals surface area contributed by atoms with E-state index < -0.39 is 11.0 Å². The van der Waals surface area contributed by atoms with Crippen LogP contribution >= 0.6 is 0 Å². The number of hydrogen-bond acceptors (Lipinski definition) is 4. The Morgan fingerprint density at radius 2 is 1.82 bits per heavy atom. The molecule has 2 aromatic carbocycles. The number of carbonyl (C=O) groups is 1. The molecular weight excluding hydrogens is 284 g/mol. The van der Waals surface area contributed by atoms with Crippen molar-refractivity contribution in [2.75, 3.05) is 6.54 Å². The summed E-state index contributed by atoms with van der Waals surface area (Å²) in [6, 6.07) is 15.7. The predicted octanol–water partition coefficient (Wildman–Crippen LogP) is 3.06. The maximum atomic E-state index is 11.5. The van der Waals surface area contributed by atoms with Crippen LogP contribution in [0, 0.1) is 10.1 Å². The Morgan fingerprint density at radius 1 is 1.09 bits per heavy atom. The fourth-order valence-electron chi connectivity index (χ4n) is 1.91. The molecule has 2 rings (SSSR count). The highest BCUT2D eigenvalue weighted by Gasteiger charge is 2.06. The lowest BCUT2D eigenvalue weighted by Gasteiger charge is -2.07. The third-order valence-corrected chi connectivity index (χ3v) is 3.02. The van der Waals surface area contributed by atoms with Crippen LogP contribution in [0.25, 0.3) is 0 Å². The smallest absolute Gasteiger partial charge is 0.407 e. The molecule has 0 heterocycles. The highest BCUT2D eigenvalue weighted by Crippen LogP contribution is 2.13. The molecule has 0 spiro atoms. The molecule has 1 amide bonds. The first-order valence-corrected chi connectivity index (χ1v) is 6.83. The van der Waals surface area contributed by atoms with Crippen LogP contribution < -0.4 is 5.32 Å². The van der Waals surface area contributed by atoms with Crippen molar-refractivity contribution in [2.45, 2.75) is 13.0 Å². The number of non-ortho nitro benzene ring substituents is 1. The molecule has 6 heteroatoms. The van der Waals surface area contributed by atoms with Crippen molar-refractivity contribution in [3.8, 4) is 0 Å². The van der Waals surface area contributed by atoms with Gasteiger partial charge in [0, 0.05) is 18.7 Å². The highest BCUT2D eigenvalue weighted by molar-refractivity contribution is 5.67. The van der Waals surface area contributed by atoms with Gasteiger partial charge in [0.15, 0.2) is 0 Å². The summed E-state index contributed by atoms with van der Waals surface area (Å²) >= 11 is 0. The molecule has 0 bridgehead atoms. The lowest BCUT2D eigenvalue weighted by molar-refractivity contribution is -0.384. The van der Waals surface area contributed by atoms with Gasteiger partial charge in [-0.1, -0.05) is 42.5 Å². The number of rotatable bonds is 6. The molecule has 0 aliphatic carbocycles.